The second-order valence-electron chi connectivity index (χ2n) is 4.53. The number of aliphatic hydroxyl groups is 1. The minimum Gasteiger partial charge on any atom is -0.384 e. The fraction of sp³-hybridized carbons (Fsp3) is 0.333. The van der Waals surface area contributed by atoms with E-state index >= 15 is 0 Å². The number of benzene rings is 1. The normalized spacial score (nSPS) is 9.80. The summed E-state index contributed by atoms with van der Waals surface area (Å²) in [6.07, 6.45) is 0. The number of nitrogens with zero attached hydrogens (tertiary/aromatic N) is 1. The summed E-state index contributed by atoms with van der Waals surface area (Å²) in [5.41, 5.74) is 6.33. The van der Waals surface area contributed by atoms with Gasteiger partial charge in [-0.25, -0.2) is 0 Å². The Balaban J connectivity index is 2.92. The van der Waals surface area contributed by atoms with Crippen LogP contribution >= 0.6 is 0 Å². The molecule has 3 N–H and O–H groups in total. The van der Waals surface area contributed by atoms with Gasteiger partial charge in [0.05, 0.1) is 6.54 Å². The average molecular weight is 274 g/mol. The standard InChI is InChI=1S/C15H18N2O3/c1-11(2)17(10-14(16)19)15(20)13-7-5-12(6-8-13)4-3-9-18/h5-8,11,18H,9-10H2,1-2H3,(H2,16,19). The number of hydrogen-bond donors (Lipinski definition) is 2. The quantitative estimate of drug-likeness (QED) is 0.778. The van der Waals surface area contributed by atoms with E-state index in [1.807, 2.05) is 13.8 Å². The van der Waals surface area contributed by atoms with Crippen molar-refractivity contribution in [2.45, 2.75) is 19.9 Å². The van der Waals surface area contributed by atoms with Crippen molar-refractivity contribution in [2.24, 2.45) is 5.73 Å². The minimum atomic E-state index is -0.544. The van der Waals surface area contributed by atoms with Gasteiger partial charge in [0.2, 0.25) is 5.91 Å². The maximum atomic E-state index is 12.3. The molecular weight excluding hydrogens is 256 g/mol. The van der Waals surface area contributed by atoms with E-state index in [2.05, 4.69) is 11.8 Å². The van der Waals surface area contributed by atoms with Crippen molar-refractivity contribution >= 4 is 11.8 Å². The Kier molecular flexibility index (Phi) is 5.75. The molecule has 5 nitrogen and oxygen atoms in total. The van der Waals surface area contributed by atoms with Gasteiger partial charge in [-0.3, -0.25) is 9.59 Å². The van der Waals surface area contributed by atoms with E-state index < -0.39 is 5.91 Å². The fourth-order valence-electron chi connectivity index (χ4n) is 1.66. The molecule has 2 amide bonds. The maximum Gasteiger partial charge on any atom is 0.254 e. The highest BCUT2D eigenvalue weighted by Gasteiger charge is 2.20. The average Bonchev–Trinajstić information content (AvgIpc) is 2.42. The van der Waals surface area contributed by atoms with Gasteiger partial charge in [0.25, 0.3) is 5.91 Å². The number of nitrogens with two attached hydrogens (primary N) is 1. The second kappa shape index (κ2) is 7.31. The van der Waals surface area contributed by atoms with Crippen LogP contribution in [0.25, 0.3) is 0 Å². The van der Waals surface area contributed by atoms with Gasteiger partial charge in [0.15, 0.2) is 0 Å². The first-order valence-corrected chi connectivity index (χ1v) is 6.24. The van der Waals surface area contributed by atoms with Crippen molar-refractivity contribution in [3.05, 3.63) is 35.4 Å². The summed E-state index contributed by atoms with van der Waals surface area (Å²) in [7, 11) is 0. The Labute approximate surface area is 118 Å². The Morgan fingerprint density at radius 1 is 1.30 bits per heavy atom. The molecule has 0 aliphatic heterocycles. The van der Waals surface area contributed by atoms with E-state index in [9.17, 15) is 9.59 Å². The van der Waals surface area contributed by atoms with Gasteiger partial charge in [0.1, 0.15) is 6.61 Å². The van der Waals surface area contributed by atoms with Crippen molar-refractivity contribution in [1.29, 1.82) is 0 Å². The number of rotatable bonds is 4. The van der Waals surface area contributed by atoms with Crippen molar-refractivity contribution in [3.8, 4) is 11.8 Å². The molecule has 0 aliphatic carbocycles. The van der Waals surface area contributed by atoms with Crippen molar-refractivity contribution in [3.63, 3.8) is 0 Å². The molecule has 0 saturated carbocycles. The maximum absolute atomic E-state index is 12.3. The predicted molar refractivity (Wildman–Crippen MR) is 75.8 cm³/mol. The Bertz CT molecular complexity index is 538. The summed E-state index contributed by atoms with van der Waals surface area (Å²) < 4.78 is 0. The zero-order valence-corrected chi connectivity index (χ0v) is 11.6. The number of carbonyl (C=O) groups is 2. The third kappa shape index (κ3) is 4.41. The molecule has 0 saturated heterocycles. The first kappa shape index (κ1) is 15.7. The van der Waals surface area contributed by atoms with Crippen molar-refractivity contribution < 1.29 is 14.7 Å². The molecule has 0 radical (unpaired) electrons. The van der Waals surface area contributed by atoms with Crippen LogP contribution in [0.5, 0.6) is 0 Å². The van der Waals surface area contributed by atoms with Crippen LogP contribution in [0, 0.1) is 11.8 Å². The Hall–Kier alpha value is -2.32. The molecule has 0 heterocycles. The number of aliphatic hydroxyl groups excluding tert-OH is 1. The van der Waals surface area contributed by atoms with E-state index in [-0.39, 0.29) is 25.1 Å². The lowest BCUT2D eigenvalue weighted by Crippen LogP contribution is -2.42. The van der Waals surface area contributed by atoms with Crippen LogP contribution in [-0.4, -0.2) is 41.0 Å². The van der Waals surface area contributed by atoms with E-state index in [0.29, 0.717) is 11.1 Å². The topological polar surface area (TPSA) is 83.6 Å². The van der Waals surface area contributed by atoms with Gasteiger partial charge >= 0.3 is 0 Å². The first-order valence-electron chi connectivity index (χ1n) is 6.24. The van der Waals surface area contributed by atoms with Crippen LogP contribution in [0.4, 0.5) is 0 Å². The molecule has 20 heavy (non-hydrogen) atoms. The number of primary amides is 1. The van der Waals surface area contributed by atoms with Gasteiger partial charge in [-0.05, 0) is 38.1 Å². The molecule has 0 aromatic heterocycles. The molecule has 5 heteroatoms. The van der Waals surface area contributed by atoms with Crippen LogP contribution in [0.15, 0.2) is 24.3 Å². The lowest BCUT2D eigenvalue weighted by atomic mass is 10.1. The van der Waals surface area contributed by atoms with Gasteiger partial charge in [-0.1, -0.05) is 11.8 Å². The van der Waals surface area contributed by atoms with E-state index in [0.717, 1.165) is 0 Å². The van der Waals surface area contributed by atoms with Gasteiger partial charge in [-0.2, -0.15) is 0 Å². The summed E-state index contributed by atoms with van der Waals surface area (Å²) in [5.74, 6) is 4.48. The van der Waals surface area contributed by atoms with Gasteiger partial charge in [0, 0.05) is 17.2 Å². The third-order valence-electron chi connectivity index (χ3n) is 2.65. The molecule has 0 bridgehead atoms. The van der Waals surface area contributed by atoms with Crippen LogP contribution in [0.3, 0.4) is 0 Å². The van der Waals surface area contributed by atoms with Crippen molar-refractivity contribution in [2.75, 3.05) is 13.2 Å². The molecule has 1 rings (SSSR count). The lowest BCUT2D eigenvalue weighted by molar-refractivity contribution is -0.119. The van der Waals surface area contributed by atoms with Crippen LogP contribution in [0.2, 0.25) is 0 Å². The highest BCUT2D eigenvalue weighted by molar-refractivity contribution is 5.96. The smallest absolute Gasteiger partial charge is 0.254 e. The molecule has 0 spiro atoms. The molecular formula is C15H18N2O3. The molecule has 0 atom stereocenters. The minimum absolute atomic E-state index is 0.109. The van der Waals surface area contributed by atoms with E-state index in [1.165, 1.54) is 4.90 Å². The third-order valence-corrected chi connectivity index (χ3v) is 2.65. The van der Waals surface area contributed by atoms with E-state index in [4.69, 9.17) is 10.8 Å². The monoisotopic (exact) mass is 274 g/mol. The molecule has 1 aromatic carbocycles. The number of hydrogen-bond acceptors (Lipinski definition) is 3. The zero-order chi connectivity index (χ0) is 15.1. The predicted octanol–water partition coefficient (Wildman–Crippen LogP) is 0.366. The van der Waals surface area contributed by atoms with Crippen LogP contribution in [-0.2, 0) is 4.79 Å². The number of amides is 2. The largest absolute Gasteiger partial charge is 0.384 e. The first-order chi connectivity index (χ1) is 9.45. The zero-order valence-electron chi connectivity index (χ0n) is 11.6. The summed E-state index contributed by atoms with van der Waals surface area (Å²) >= 11 is 0. The summed E-state index contributed by atoms with van der Waals surface area (Å²) in [6.45, 7) is 3.33. The summed E-state index contributed by atoms with van der Waals surface area (Å²) in [5, 5.41) is 8.61. The second-order valence-corrected chi connectivity index (χ2v) is 4.53. The summed E-state index contributed by atoms with van der Waals surface area (Å²) in [4.78, 5) is 24.7. The molecule has 1 aromatic rings. The fourth-order valence-corrected chi connectivity index (χ4v) is 1.66. The molecule has 0 aliphatic rings. The van der Waals surface area contributed by atoms with Crippen LogP contribution in [0.1, 0.15) is 29.8 Å². The Morgan fingerprint density at radius 2 is 1.90 bits per heavy atom. The molecule has 106 valence electrons. The molecule has 0 unspecified atom stereocenters. The van der Waals surface area contributed by atoms with E-state index in [1.54, 1.807) is 24.3 Å². The summed E-state index contributed by atoms with van der Waals surface area (Å²) in [6, 6.07) is 6.54. The van der Waals surface area contributed by atoms with Gasteiger partial charge in [-0.15, -0.1) is 0 Å². The lowest BCUT2D eigenvalue weighted by Gasteiger charge is -2.25. The Morgan fingerprint density at radius 3 is 2.35 bits per heavy atom. The molecule has 0 fully saturated rings. The highest BCUT2D eigenvalue weighted by Crippen LogP contribution is 2.09. The number of carbonyl (C=O) groups excluding carboxylic acids is 2. The highest BCUT2D eigenvalue weighted by atomic mass is 16.2. The van der Waals surface area contributed by atoms with Crippen LogP contribution < -0.4 is 5.73 Å². The van der Waals surface area contributed by atoms with Crippen molar-refractivity contribution in [1.82, 2.24) is 4.90 Å². The SMILES string of the molecule is CC(C)N(CC(N)=O)C(=O)c1ccc(C#CCO)cc1. The van der Waals surface area contributed by atoms with Gasteiger partial charge < -0.3 is 15.7 Å².